The molecular formula is C25H29N3O3. The molecule has 0 saturated carbocycles. The van der Waals surface area contributed by atoms with E-state index >= 15 is 0 Å². The number of nitrogens with zero attached hydrogens (tertiary/aromatic N) is 3. The minimum Gasteiger partial charge on any atom is -0.469 e. The van der Waals surface area contributed by atoms with Crippen molar-refractivity contribution in [1.82, 2.24) is 14.7 Å². The number of esters is 1. The Hall–Kier alpha value is -3.41. The molecule has 6 heteroatoms. The summed E-state index contributed by atoms with van der Waals surface area (Å²) in [7, 11) is 1.37. The van der Waals surface area contributed by atoms with Gasteiger partial charge in [-0.3, -0.25) is 9.59 Å². The predicted octanol–water partition coefficient (Wildman–Crippen LogP) is 3.87. The van der Waals surface area contributed by atoms with E-state index in [2.05, 4.69) is 5.10 Å². The first-order chi connectivity index (χ1) is 14.9. The van der Waals surface area contributed by atoms with E-state index in [0.29, 0.717) is 13.1 Å². The molecule has 1 aromatic heterocycles. The van der Waals surface area contributed by atoms with Crippen LogP contribution in [0.5, 0.6) is 0 Å². The number of hydrogen-bond donors (Lipinski definition) is 0. The van der Waals surface area contributed by atoms with Crippen molar-refractivity contribution in [3.63, 3.8) is 0 Å². The molecule has 1 atom stereocenters. The Kier molecular flexibility index (Phi) is 7.23. The van der Waals surface area contributed by atoms with Crippen LogP contribution in [0, 0.1) is 19.8 Å². The van der Waals surface area contributed by atoms with Gasteiger partial charge in [-0.05, 0) is 31.5 Å². The topological polar surface area (TPSA) is 64.4 Å². The molecule has 0 saturated heterocycles. The Balaban J connectivity index is 1.84. The molecule has 0 aliphatic rings. The monoisotopic (exact) mass is 419 g/mol. The Morgan fingerprint density at radius 2 is 1.65 bits per heavy atom. The van der Waals surface area contributed by atoms with Gasteiger partial charge in [0, 0.05) is 24.3 Å². The maximum Gasteiger partial charge on any atom is 0.310 e. The van der Waals surface area contributed by atoms with Gasteiger partial charge < -0.3 is 9.64 Å². The lowest BCUT2D eigenvalue weighted by atomic mass is 10.1. The van der Waals surface area contributed by atoms with Crippen LogP contribution in [-0.2, 0) is 27.3 Å². The van der Waals surface area contributed by atoms with E-state index in [4.69, 9.17) is 4.74 Å². The first-order valence-electron chi connectivity index (χ1n) is 10.4. The zero-order chi connectivity index (χ0) is 22.4. The molecule has 1 amide bonds. The van der Waals surface area contributed by atoms with Crippen LogP contribution in [0.2, 0.25) is 0 Å². The minimum absolute atomic E-state index is 0.0431. The summed E-state index contributed by atoms with van der Waals surface area (Å²) in [5.74, 6) is -0.777. The molecule has 162 valence electrons. The van der Waals surface area contributed by atoms with Gasteiger partial charge in [0.05, 0.1) is 30.8 Å². The highest BCUT2D eigenvalue weighted by molar-refractivity contribution is 5.80. The molecule has 0 fully saturated rings. The highest BCUT2D eigenvalue weighted by atomic mass is 16.5. The summed E-state index contributed by atoms with van der Waals surface area (Å²) in [6.45, 7) is 6.42. The maximum atomic E-state index is 13.4. The van der Waals surface area contributed by atoms with Crippen LogP contribution in [0.15, 0.2) is 60.7 Å². The largest absolute Gasteiger partial charge is 0.469 e. The van der Waals surface area contributed by atoms with E-state index in [-0.39, 0.29) is 18.3 Å². The molecule has 0 N–H and O–H groups in total. The molecule has 0 bridgehead atoms. The maximum absolute atomic E-state index is 13.4. The zero-order valence-corrected chi connectivity index (χ0v) is 18.5. The van der Waals surface area contributed by atoms with Crippen molar-refractivity contribution in [1.29, 1.82) is 0 Å². The lowest BCUT2D eigenvalue weighted by Crippen LogP contribution is -2.37. The molecule has 0 radical (unpaired) electrons. The molecule has 1 unspecified atom stereocenters. The number of carbonyl (C=O) groups excluding carboxylic acids is 2. The van der Waals surface area contributed by atoms with Crippen LogP contribution in [0.4, 0.5) is 0 Å². The fraction of sp³-hybridized carbons (Fsp3) is 0.320. The van der Waals surface area contributed by atoms with E-state index in [1.54, 1.807) is 11.8 Å². The third-order valence-corrected chi connectivity index (χ3v) is 5.44. The van der Waals surface area contributed by atoms with Crippen LogP contribution < -0.4 is 0 Å². The van der Waals surface area contributed by atoms with E-state index in [1.807, 2.05) is 79.2 Å². The van der Waals surface area contributed by atoms with E-state index < -0.39 is 5.92 Å². The molecule has 6 nitrogen and oxygen atoms in total. The number of methoxy groups -OCH3 is 1. The average molecular weight is 420 g/mol. The van der Waals surface area contributed by atoms with Crippen LogP contribution in [0.25, 0.3) is 5.69 Å². The second-order valence-corrected chi connectivity index (χ2v) is 7.76. The van der Waals surface area contributed by atoms with Gasteiger partial charge in [0.15, 0.2) is 0 Å². The van der Waals surface area contributed by atoms with Gasteiger partial charge in [0.25, 0.3) is 0 Å². The Morgan fingerprint density at radius 1 is 1.03 bits per heavy atom. The molecule has 2 aromatic carbocycles. The summed E-state index contributed by atoms with van der Waals surface area (Å²) in [6, 6.07) is 19.7. The summed E-state index contributed by atoms with van der Waals surface area (Å²) >= 11 is 0. The highest BCUT2D eigenvalue weighted by Crippen LogP contribution is 2.20. The number of hydrogen-bond acceptors (Lipinski definition) is 4. The first kappa shape index (κ1) is 22.3. The number of ether oxygens (including phenoxy) is 1. The molecular weight excluding hydrogens is 390 g/mol. The molecule has 3 rings (SSSR count). The Morgan fingerprint density at radius 3 is 2.26 bits per heavy atom. The Bertz CT molecular complexity index is 1030. The number of rotatable bonds is 8. The zero-order valence-electron chi connectivity index (χ0n) is 18.5. The minimum atomic E-state index is -0.410. The summed E-state index contributed by atoms with van der Waals surface area (Å²) in [5.41, 5.74) is 4.66. The number of para-hydroxylation sites is 1. The van der Waals surface area contributed by atoms with E-state index in [9.17, 15) is 9.59 Å². The van der Waals surface area contributed by atoms with Gasteiger partial charge in [-0.2, -0.15) is 5.10 Å². The third kappa shape index (κ3) is 5.40. The molecule has 0 spiro atoms. The predicted molar refractivity (Wildman–Crippen MR) is 120 cm³/mol. The van der Waals surface area contributed by atoms with Crippen LogP contribution in [0.3, 0.4) is 0 Å². The highest BCUT2D eigenvalue weighted by Gasteiger charge is 2.24. The molecule has 1 heterocycles. The summed E-state index contributed by atoms with van der Waals surface area (Å²) in [6.07, 6.45) is 0.227. The van der Waals surface area contributed by atoms with Crippen molar-refractivity contribution in [2.24, 2.45) is 5.92 Å². The summed E-state index contributed by atoms with van der Waals surface area (Å²) in [5, 5.41) is 4.65. The second kappa shape index (κ2) is 10.1. The van der Waals surface area contributed by atoms with Gasteiger partial charge in [-0.1, -0.05) is 55.5 Å². The second-order valence-electron chi connectivity index (χ2n) is 7.76. The third-order valence-electron chi connectivity index (χ3n) is 5.44. The van der Waals surface area contributed by atoms with E-state index in [1.165, 1.54) is 7.11 Å². The van der Waals surface area contributed by atoms with Crippen molar-refractivity contribution < 1.29 is 14.3 Å². The lowest BCUT2D eigenvalue weighted by molar-refractivity contribution is -0.146. The summed E-state index contributed by atoms with van der Waals surface area (Å²) < 4.78 is 6.73. The van der Waals surface area contributed by atoms with Crippen molar-refractivity contribution in [3.8, 4) is 5.69 Å². The Labute approximate surface area is 183 Å². The number of aromatic nitrogens is 2. The molecule has 3 aromatic rings. The van der Waals surface area contributed by atoms with Crippen LogP contribution in [0.1, 0.15) is 29.4 Å². The molecule has 0 aliphatic carbocycles. The van der Waals surface area contributed by atoms with E-state index in [0.717, 1.165) is 28.2 Å². The van der Waals surface area contributed by atoms with Gasteiger partial charge in [0.1, 0.15) is 0 Å². The van der Waals surface area contributed by atoms with Crippen molar-refractivity contribution in [2.45, 2.75) is 33.7 Å². The van der Waals surface area contributed by atoms with Crippen molar-refractivity contribution >= 4 is 11.9 Å². The fourth-order valence-corrected chi connectivity index (χ4v) is 3.68. The number of carbonyl (C=O) groups is 2. The lowest BCUT2D eigenvalue weighted by Gasteiger charge is -2.25. The van der Waals surface area contributed by atoms with Gasteiger partial charge in [-0.25, -0.2) is 4.68 Å². The number of benzene rings is 2. The van der Waals surface area contributed by atoms with Gasteiger partial charge >= 0.3 is 5.97 Å². The normalized spacial score (nSPS) is 11.7. The average Bonchev–Trinajstić information content (AvgIpc) is 3.07. The number of aryl methyl sites for hydroxylation is 1. The van der Waals surface area contributed by atoms with Crippen LogP contribution >= 0.6 is 0 Å². The van der Waals surface area contributed by atoms with Gasteiger partial charge in [0.2, 0.25) is 5.91 Å². The SMILES string of the molecule is COC(=O)C(C)CN(Cc1ccccc1)C(=O)Cc1c(C)nn(-c2ccccc2)c1C. The first-order valence-corrected chi connectivity index (χ1v) is 10.4. The quantitative estimate of drug-likeness (QED) is 0.520. The standard InChI is InChI=1S/C25H29N3O3/c1-18(25(30)31-4)16-27(17-21-11-7-5-8-12-21)24(29)15-23-19(2)26-28(20(23)3)22-13-9-6-10-14-22/h5-14,18H,15-17H2,1-4H3. The number of amides is 1. The molecule has 0 aliphatic heterocycles. The van der Waals surface area contributed by atoms with Crippen molar-refractivity contribution in [3.05, 3.63) is 83.2 Å². The summed E-state index contributed by atoms with van der Waals surface area (Å²) in [4.78, 5) is 27.1. The van der Waals surface area contributed by atoms with Crippen molar-refractivity contribution in [2.75, 3.05) is 13.7 Å². The fourth-order valence-electron chi connectivity index (χ4n) is 3.68. The van der Waals surface area contributed by atoms with Crippen LogP contribution in [-0.4, -0.2) is 40.2 Å². The smallest absolute Gasteiger partial charge is 0.310 e. The molecule has 31 heavy (non-hydrogen) atoms. The van der Waals surface area contributed by atoms with Gasteiger partial charge in [-0.15, -0.1) is 0 Å².